The second-order valence-corrected chi connectivity index (χ2v) is 8.90. The van der Waals surface area contributed by atoms with E-state index >= 15 is 0 Å². The van der Waals surface area contributed by atoms with Gasteiger partial charge < -0.3 is 4.90 Å². The predicted molar refractivity (Wildman–Crippen MR) is 112 cm³/mol. The van der Waals surface area contributed by atoms with Gasteiger partial charge in [0.2, 0.25) is 11.6 Å². The van der Waals surface area contributed by atoms with Crippen LogP contribution >= 0.6 is 0 Å². The zero-order chi connectivity index (χ0) is 19.9. The molecule has 0 atom stereocenters. The lowest BCUT2D eigenvalue weighted by molar-refractivity contribution is -0.111. The minimum absolute atomic E-state index is 0.173. The summed E-state index contributed by atoms with van der Waals surface area (Å²) in [6, 6.07) is 16.5. The van der Waals surface area contributed by atoms with E-state index in [-0.39, 0.29) is 5.41 Å². The molecule has 3 nitrogen and oxygen atoms in total. The topological polar surface area (TPSA) is 37.4 Å². The first-order valence-corrected chi connectivity index (χ1v) is 10.1. The van der Waals surface area contributed by atoms with Gasteiger partial charge in [-0.05, 0) is 35.3 Å². The van der Waals surface area contributed by atoms with Crippen LogP contribution in [0.5, 0.6) is 0 Å². The van der Waals surface area contributed by atoms with Crippen LogP contribution in [0.15, 0.2) is 54.6 Å². The number of nitrogens with zero attached hydrogens (tertiary/aromatic N) is 1. The standard InChI is InChI=1S/C25H27NO2/c1-25(2,3)19-10-8-17(9-11-19)18-12-14-26(15-13-18)22-16-23(27)24(28)21-7-5-4-6-20(21)22/h4-11,16,18H,12-15H2,1-3H3. The molecule has 2 aromatic carbocycles. The number of allylic oxidation sites excluding steroid dienone is 1. The molecule has 2 aliphatic rings. The van der Waals surface area contributed by atoms with Gasteiger partial charge >= 0.3 is 0 Å². The van der Waals surface area contributed by atoms with Gasteiger partial charge in [-0.15, -0.1) is 0 Å². The molecule has 144 valence electrons. The van der Waals surface area contributed by atoms with Gasteiger partial charge in [0, 0.05) is 36.0 Å². The van der Waals surface area contributed by atoms with Crippen molar-refractivity contribution in [3.63, 3.8) is 0 Å². The van der Waals surface area contributed by atoms with Crippen molar-refractivity contribution in [2.24, 2.45) is 0 Å². The predicted octanol–water partition coefficient (Wildman–Crippen LogP) is 4.97. The van der Waals surface area contributed by atoms with Crippen LogP contribution in [-0.2, 0) is 10.2 Å². The highest BCUT2D eigenvalue weighted by molar-refractivity contribution is 6.50. The summed E-state index contributed by atoms with van der Waals surface area (Å²) < 4.78 is 0. The molecule has 1 aliphatic heterocycles. The van der Waals surface area contributed by atoms with Crippen LogP contribution in [0.1, 0.15) is 66.6 Å². The van der Waals surface area contributed by atoms with Gasteiger partial charge in [0.25, 0.3) is 0 Å². The molecule has 1 heterocycles. The lowest BCUT2D eigenvalue weighted by Crippen LogP contribution is -2.34. The van der Waals surface area contributed by atoms with Crippen molar-refractivity contribution < 1.29 is 9.59 Å². The van der Waals surface area contributed by atoms with Gasteiger partial charge in [-0.2, -0.15) is 0 Å². The van der Waals surface area contributed by atoms with Gasteiger partial charge in [-0.1, -0.05) is 69.3 Å². The van der Waals surface area contributed by atoms with E-state index in [2.05, 4.69) is 49.9 Å². The van der Waals surface area contributed by atoms with Gasteiger partial charge in [-0.3, -0.25) is 9.59 Å². The second kappa shape index (κ2) is 7.05. The Morgan fingerprint density at radius 2 is 1.46 bits per heavy atom. The van der Waals surface area contributed by atoms with Crippen LogP contribution < -0.4 is 0 Å². The molecule has 0 saturated carbocycles. The number of carbonyl (C=O) groups is 2. The van der Waals surface area contributed by atoms with Crippen LogP contribution in [0.3, 0.4) is 0 Å². The Balaban J connectivity index is 1.50. The third-order valence-corrected chi connectivity index (χ3v) is 6.02. The van der Waals surface area contributed by atoms with Gasteiger partial charge in [0.15, 0.2) is 0 Å². The highest BCUT2D eigenvalue weighted by Crippen LogP contribution is 2.35. The fraction of sp³-hybridized carbons (Fsp3) is 0.360. The number of hydrogen-bond donors (Lipinski definition) is 0. The number of fused-ring (bicyclic) bond motifs is 1. The van der Waals surface area contributed by atoms with Crippen LogP contribution in [-0.4, -0.2) is 29.6 Å². The van der Waals surface area contributed by atoms with E-state index in [1.807, 2.05) is 18.2 Å². The Morgan fingerprint density at radius 1 is 0.857 bits per heavy atom. The van der Waals surface area contributed by atoms with E-state index in [9.17, 15) is 9.59 Å². The number of likely N-dealkylation sites (tertiary alicyclic amines) is 1. The molecule has 0 N–H and O–H groups in total. The van der Waals surface area contributed by atoms with Crippen LogP contribution in [0, 0.1) is 0 Å². The summed E-state index contributed by atoms with van der Waals surface area (Å²) >= 11 is 0. The number of piperidine rings is 1. The Labute approximate surface area is 167 Å². The normalized spacial score (nSPS) is 18.1. The maximum atomic E-state index is 12.2. The number of ketones is 2. The van der Waals surface area contributed by atoms with Gasteiger partial charge in [-0.25, -0.2) is 0 Å². The van der Waals surface area contributed by atoms with Crippen LogP contribution in [0.2, 0.25) is 0 Å². The molecule has 1 aliphatic carbocycles. The van der Waals surface area contributed by atoms with Crippen molar-refractivity contribution in [3.8, 4) is 0 Å². The molecule has 0 amide bonds. The molecule has 1 fully saturated rings. The Hall–Kier alpha value is -2.68. The molecular formula is C25H27NO2. The minimum Gasteiger partial charge on any atom is -0.371 e. The molecule has 0 unspecified atom stereocenters. The summed E-state index contributed by atoms with van der Waals surface area (Å²) in [6.07, 6.45) is 3.64. The fourth-order valence-electron chi connectivity index (χ4n) is 4.28. The number of rotatable bonds is 2. The second-order valence-electron chi connectivity index (χ2n) is 8.90. The van der Waals surface area contributed by atoms with E-state index in [0.29, 0.717) is 11.5 Å². The molecule has 0 bridgehead atoms. The van der Waals surface area contributed by atoms with E-state index in [0.717, 1.165) is 37.2 Å². The van der Waals surface area contributed by atoms with Crippen molar-refractivity contribution in [2.75, 3.05) is 13.1 Å². The smallest absolute Gasteiger partial charge is 0.233 e. The van der Waals surface area contributed by atoms with Crippen molar-refractivity contribution in [1.29, 1.82) is 0 Å². The minimum atomic E-state index is -0.409. The molecule has 4 rings (SSSR count). The van der Waals surface area contributed by atoms with Crippen LogP contribution in [0.25, 0.3) is 5.70 Å². The average molecular weight is 373 g/mol. The number of carbonyl (C=O) groups excluding carboxylic acids is 2. The summed E-state index contributed by atoms with van der Waals surface area (Å²) in [5.74, 6) is -0.260. The van der Waals surface area contributed by atoms with E-state index in [4.69, 9.17) is 0 Å². The summed E-state index contributed by atoms with van der Waals surface area (Å²) in [6.45, 7) is 8.51. The van der Waals surface area contributed by atoms with Crippen molar-refractivity contribution in [3.05, 3.63) is 76.9 Å². The number of hydrogen-bond acceptors (Lipinski definition) is 3. The zero-order valence-electron chi connectivity index (χ0n) is 16.9. The van der Waals surface area contributed by atoms with Crippen molar-refractivity contribution >= 4 is 17.3 Å². The quantitative estimate of drug-likeness (QED) is 0.698. The number of Topliss-reactive ketones (excluding diaryl/α,β-unsaturated/α-hetero) is 1. The average Bonchev–Trinajstić information content (AvgIpc) is 2.70. The molecule has 0 aromatic heterocycles. The molecule has 28 heavy (non-hydrogen) atoms. The van der Waals surface area contributed by atoms with Crippen LogP contribution in [0.4, 0.5) is 0 Å². The van der Waals surface area contributed by atoms with Gasteiger partial charge in [0.05, 0.1) is 0 Å². The molecule has 1 saturated heterocycles. The van der Waals surface area contributed by atoms with E-state index in [1.165, 1.54) is 17.2 Å². The Morgan fingerprint density at radius 3 is 2.07 bits per heavy atom. The lowest BCUT2D eigenvalue weighted by Gasteiger charge is -2.36. The summed E-state index contributed by atoms with van der Waals surface area (Å²) in [5, 5.41) is 0. The maximum Gasteiger partial charge on any atom is 0.233 e. The third-order valence-electron chi connectivity index (χ3n) is 6.02. The zero-order valence-corrected chi connectivity index (χ0v) is 16.9. The molecule has 0 spiro atoms. The highest BCUT2D eigenvalue weighted by Gasteiger charge is 2.30. The van der Waals surface area contributed by atoms with E-state index < -0.39 is 11.6 Å². The van der Waals surface area contributed by atoms with Crippen molar-refractivity contribution in [1.82, 2.24) is 4.90 Å². The lowest BCUT2D eigenvalue weighted by atomic mass is 9.83. The summed E-state index contributed by atoms with van der Waals surface area (Å²) in [7, 11) is 0. The Kier molecular flexibility index (Phi) is 4.70. The molecule has 2 aromatic rings. The van der Waals surface area contributed by atoms with Gasteiger partial charge in [0.1, 0.15) is 0 Å². The first kappa shape index (κ1) is 18.7. The highest BCUT2D eigenvalue weighted by atomic mass is 16.2. The monoisotopic (exact) mass is 373 g/mol. The fourth-order valence-corrected chi connectivity index (χ4v) is 4.28. The maximum absolute atomic E-state index is 12.2. The Bertz CT molecular complexity index is 939. The number of benzene rings is 2. The third kappa shape index (κ3) is 3.42. The first-order valence-electron chi connectivity index (χ1n) is 10.1. The largest absolute Gasteiger partial charge is 0.371 e. The summed E-state index contributed by atoms with van der Waals surface area (Å²) in [5.41, 5.74) is 5.26. The molecule has 3 heteroatoms. The first-order chi connectivity index (χ1) is 13.3. The SMILES string of the molecule is CC(C)(C)c1ccc(C2CCN(C3=CC(=O)C(=O)c4ccccc43)CC2)cc1. The molecule has 0 radical (unpaired) electrons. The summed E-state index contributed by atoms with van der Waals surface area (Å²) in [4.78, 5) is 26.6. The molecular weight excluding hydrogens is 346 g/mol. The van der Waals surface area contributed by atoms with E-state index in [1.54, 1.807) is 6.07 Å². The van der Waals surface area contributed by atoms with Crippen molar-refractivity contribution in [2.45, 2.75) is 44.9 Å².